The molecule has 1 aromatic carbocycles. The molecule has 1 aliphatic carbocycles. The molecule has 178 valence electrons. The fourth-order valence-electron chi connectivity index (χ4n) is 3.88. The number of halogens is 3. The van der Waals surface area contributed by atoms with Crippen LogP contribution in [-0.2, 0) is 28.9 Å². The van der Waals surface area contributed by atoms with Crippen molar-refractivity contribution in [3.05, 3.63) is 53.3 Å². The second-order valence-corrected chi connectivity index (χ2v) is 7.67. The fraction of sp³-hybridized carbons (Fsp3) is 0.304. The van der Waals surface area contributed by atoms with Crippen molar-refractivity contribution in [1.82, 2.24) is 14.8 Å². The maximum Gasteiger partial charge on any atom is 0.491 e. The van der Waals surface area contributed by atoms with E-state index in [4.69, 9.17) is 10.5 Å². The largest absolute Gasteiger partial charge is 0.497 e. The van der Waals surface area contributed by atoms with Gasteiger partial charge in [0, 0.05) is 29.4 Å². The van der Waals surface area contributed by atoms with Gasteiger partial charge in [-0.25, -0.2) is 9.59 Å². The average Bonchev–Trinajstić information content (AvgIpc) is 3.20. The van der Waals surface area contributed by atoms with Crippen LogP contribution in [0.5, 0.6) is 5.75 Å². The first-order chi connectivity index (χ1) is 16.2. The van der Waals surface area contributed by atoms with Crippen LogP contribution in [0, 0.1) is 0 Å². The molecule has 0 radical (unpaired) electrons. The Bertz CT molecular complexity index is 1250. The highest BCUT2D eigenvalue weighted by Crippen LogP contribution is 2.37. The van der Waals surface area contributed by atoms with Crippen LogP contribution in [0.25, 0.3) is 22.5 Å². The van der Waals surface area contributed by atoms with Crippen molar-refractivity contribution < 1.29 is 32.2 Å². The summed E-state index contributed by atoms with van der Waals surface area (Å²) in [7, 11) is 1.56. The van der Waals surface area contributed by atoms with Crippen molar-refractivity contribution in [2.75, 3.05) is 13.7 Å². The van der Waals surface area contributed by atoms with Crippen molar-refractivity contribution >= 4 is 11.9 Å². The molecule has 2 heterocycles. The Morgan fingerprint density at radius 1 is 1.21 bits per heavy atom. The zero-order valence-electron chi connectivity index (χ0n) is 18.2. The molecule has 2 N–H and O–H groups in total. The molecule has 0 fully saturated rings. The zero-order valence-corrected chi connectivity index (χ0v) is 18.2. The second-order valence-electron chi connectivity index (χ2n) is 7.67. The minimum atomic E-state index is -5.29. The lowest BCUT2D eigenvalue weighted by Crippen LogP contribution is -2.29. The number of hydrogen-bond acceptors (Lipinski definition) is 7. The molecule has 0 atom stereocenters. The van der Waals surface area contributed by atoms with Gasteiger partial charge in [0.05, 0.1) is 18.5 Å². The number of fused-ring (bicyclic) bond motifs is 3. The summed E-state index contributed by atoms with van der Waals surface area (Å²) >= 11 is 0. The van der Waals surface area contributed by atoms with E-state index < -0.39 is 18.1 Å². The molecule has 0 aliphatic heterocycles. The van der Waals surface area contributed by atoms with Crippen LogP contribution in [0.1, 0.15) is 28.0 Å². The van der Waals surface area contributed by atoms with Crippen molar-refractivity contribution in [1.29, 1.82) is 0 Å². The quantitative estimate of drug-likeness (QED) is 0.431. The van der Waals surface area contributed by atoms with Gasteiger partial charge in [-0.1, -0.05) is 12.1 Å². The number of rotatable bonds is 6. The predicted octanol–water partition coefficient (Wildman–Crippen LogP) is 3.31. The molecule has 0 spiro atoms. The van der Waals surface area contributed by atoms with Crippen LogP contribution in [0.3, 0.4) is 0 Å². The molecule has 1 aliphatic rings. The standard InChI is InChI=1S/C23H21F3N4O4/c1-33-15-5-2-4-13(10-15)18-11-17-14(12-28-18)6-7-16-19(17)29-30(9-3-8-27)20(16)21(31)34-22(32)23(24,25)26/h2,4-5,10-12H,3,6-9,27H2,1H3. The van der Waals surface area contributed by atoms with Gasteiger partial charge in [0.1, 0.15) is 5.75 Å². The lowest BCUT2D eigenvalue weighted by molar-refractivity contribution is -0.193. The van der Waals surface area contributed by atoms with E-state index in [-0.39, 0.29) is 18.8 Å². The molecule has 4 rings (SSSR count). The number of esters is 2. The number of nitrogens with two attached hydrogens (primary N) is 1. The highest BCUT2D eigenvalue weighted by Gasteiger charge is 2.43. The van der Waals surface area contributed by atoms with Gasteiger partial charge in [0.25, 0.3) is 0 Å². The summed E-state index contributed by atoms with van der Waals surface area (Å²) in [4.78, 5) is 28.4. The summed E-state index contributed by atoms with van der Waals surface area (Å²) in [6.45, 7) is 0.457. The normalized spacial score (nSPS) is 12.6. The number of pyridine rings is 1. The molecule has 34 heavy (non-hydrogen) atoms. The van der Waals surface area contributed by atoms with Crippen LogP contribution in [0.2, 0.25) is 0 Å². The number of aryl methyl sites for hydroxylation is 2. The third-order valence-electron chi connectivity index (χ3n) is 5.49. The van der Waals surface area contributed by atoms with E-state index in [1.807, 2.05) is 24.3 Å². The molecular weight excluding hydrogens is 453 g/mol. The Balaban J connectivity index is 1.78. The molecule has 0 saturated carbocycles. The van der Waals surface area contributed by atoms with Crippen LogP contribution < -0.4 is 10.5 Å². The first-order valence-corrected chi connectivity index (χ1v) is 10.5. The smallest absolute Gasteiger partial charge is 0.491 e. The van der Waals surface area contributed by atoms with Crippen LogP contribution >= 0.6 is 0 Å². The monoisotopic (exact) mass is 474 g/mol. The highest BCUT2D eigenvalue weighted by molar-refractivity contribution is 5.99. The van der Waals surface area contributed by atoms with Gasteiger partial charge in [-0.3, -0.25) is 9.67 Å². The third-order valence-corrected chi connectivity index (χ3v) is 5.49. The molecule has 3 aromatic rings. The van der Waals surface area contributed by atoms with Gasteiger partial charge in [-0.05, 0) is 49.6 Å². The van der Waals surface area contributed by atoms with Gasteiger partial charge in [0.15, 0.2) is 5.69 Å². The Morgan fingerprint density at radius 2 is 2.00 bits per heavy atom. The minimum absolute atomic E-state index is 0.175. The number of aromatic nitrogens is 3. The van der Waals surface area contributed by atoms with Gasteiger partial charge in [0.2, 0.25) is 0 Å². The van der Waals surface area contributed by atoms with E-state index in [0.717, 1.165) is 11.1 Å². The number of hydrogen-bond donors (Lipinski definition) is 1. The van der Waals surface area contributed by atoms with Crippen molar-refractivity contribution in [3.63, 3.8) is 0 Å². The van der Waals surface area contributed by atoms with Crippen LogP contribution in [0.4, 0.5) is 13.2 Å². The summed E-state index contributed by atoms with van der Waals surface area (Å²) in [5.74, 6) is -3.31. The summed E-state index contributed by atoms with van der Waals surface area (Å²) < 4.78 is 48.7. The Hall–Kier alpha value is -3.73. The first kappa shape index (κ1) is 23.4. The van der Waals surface area contributed by atoms with Crippen molar-refractivity contribution in [3.8, 4) is 28.3 Å². The molecule has 0 unspecified atom stereocenters. The number of benzene rings is 1. The number of nitrogens with zero attached hydrogens (tertiary/aromatic N) is 3. The molecule has 8 nitrogen and oxygen atoms in total. The maximum atomic E-state index is 12.7. The Kier molecular flexibility index (Phi) is 6.38. The van der Waals surface area contributed by atoms with Gasteiger partial charge in [-0.15, -0.1) is 0 Å². The topological polar surface area (TPSA) is 109 Å². The van der Waals surface area contributed by atoms with E-state index in [1.165, 1.54) is 4.68 Å². The highest BCUT2D eigenvalue weighted by atomic mass is 19.4. The van der Waals surface area contributed by atoms with Crippen molar-refractivity contribution in [2.24, 2.45) is 5.73 Å². The Morgan fingerprint density at radius 3 is 2.71 bits per heavy atom. The number of ether oxygens (including phenoxy) is 2. The Labute approximate surface area is 192 Å². The SMILES string of the molecule is COc1cccc(-c2cc3c(cn2)CCc2c-3nn(CCCN)c2C(=O)OC(=O)C(F)(F)F)c1. The molecule has 11 heteroatoms. The predicted molar refractivity (Wildman–Crippen MR) is 115 cm³/mol. The van der Waals surface area contributed by atoms with Gasteiger partial charge >= 0.3 is 18.1 Å². The van der Waals surface area contributed by atoms with E-state index >= 15 is 0 Å². The van der Waals surface area contributed by atoms with E-state index in [0.29, 0.717) is 47.5 Å². The first-order valence-electron chi connectivity index (χ1n) is 10.5. The minimum Gasteiger partial charge on any atom is -0.497 e. The van der Waals surface area contributed by atoms with Crippen molar-refractivity contribution in [2.45, 2.75) is 32.0 Å². The molecule has 2 aromatic heterocycles. The molecule has 0 bridgehead atoms. The van der Waals surface area contributed by atoms with Crippen LogP contribution in [0.15, 0.2) is 36.5 Å². The zero-order chi connectivity index (χ0) is 24.5. The van der Waals surface area contributed by atoms with Gasteiger partial charge in [-0.2, -0.15) is 18.3 Å². The number of carbonyl (C=O) groups is 2. The lowest BCUT2D eigenvalue weighted by atomic mass is 9.89. The van der Waals surface area contributed by atoms with Crippen LogP contribution in [-0.4, -0.2) is 46.5 Å². The summed E-state index contributed by atoms with van der Waals surface area (Å²) in [6, 6.07) is 9.14. The molecule has 0 saturated heterocycles. The second kappa shape index (κ2) is 9.26. The lowest BCUT2D eigenvalue weighted by Gasteiger charge is -2.17. The van der Waals surface area contributed by atoms with E-state index in [9.17, 15) is 22.8 Å². The van der Waals surface area contributed by atoms with E-state index in [2.05, 4.69) is 14.8 Å². The molecular formula is C23H21F3N4O4. The summed E-state index contributed by atoms with van der Waals surface area (Å²) in [6.07, 6.45) is -2.33. The third kappa shape index (κ3) is 4.51. The average molecular weight is 474 g/mol. The van der Waals surface area contributed by atoms with E-state index in [1.54, 1.807) is 19.4 Å². The van der Waals surface area contributed by atoms with Gasteiger partial charge < -0.3 is 15.2 Å². The number of carbonyl (C=O) groups excluding carboxylic acids is 2. The molecule has 0 amide bonds. The number of methoxy groups -OCH3 is 1. The summed E-state index contributed by atoms with van der Waals surface area (Å²) in [5, 5.41) is 4.50. The fourth-order valence-corrected chi connectivity index (χ4v) is 3.88. The number of alkyl halides is 3. The summed E-state index contributed by atoms with van der Waals surface area (Å²) in [5.41, 5.74) is 9.28. The maximum absolute atomic E-state index is 12.7.